The summed E-state index contributed by atoms with van der Waals surface area (Å²) in [5.41, 5.74) is 2.84. The van der Waals surface area contributed by atoms with E-state index in [0.29, 0.717) is 24.1 Å². The van der Waals surface area contributed by atoms with Crippen molar-refractivity contribution in [2.45, 2.75) is 88.8 Å². The van der Waals surface area contributed by atoms with E-state index in [9.17, 15) is 14.4 Å². The van der Waals surface area contributed by atoms with Gasteiger partial charge in [0, 0.05) is 36.1 Å². The van der Waals surface area contributed by atoms with Gasteiger partial charge < -0.3 is 10.2 Å². The smallest absolute Gasteiger partial charge is 0.255 e. The average molecular weight is 474 g/mol. The minimum absolute atomic E-state index is 0.145. The van der Waals surface area contributed by atoms with Crippen molar-refractivity contribution in [1.29, 1.82) is 0 Å². The Bertz CT molecular complexity index is 1080. The van der Waals surface area contributed by atoms with Crippen molar-refractivity contribution in [3.8, 4) is 11.8 Å². The fourth-order valence-corrected chi connectivity index (χ4v) is 7.88. The molecule has 4 bridgehead atoms. The first kappa shape index (κ1) is 22.8. The van der Waals surface area contributed by atoms with Crippen LogP contribution >= 0.6 is 0 Å². The van der Waals surface area contributed by atoms with Crippen LogP contribution in [-0.2, 0) is 16.1 Å². The minimum Gasteiger partial charge on any atom is -0.322 e. The second-order valence-electron chi connectivity index (χ2n) is 11.6. The lowest BCUT2D eigenvalue weighted by Crippen LogP contribution is -2.58. The Morgan fingerprint density at radius 3 is 2.49 bits per heavy atom. The van der Waals surface area contributed by atoms with Crippen LogP contribution in [0.3, 0.4) is 0 Å². The molecular formula is C29H35N3O3. The van der Waals surface area contributed by atoms with Gasteiger partial charge in [-0.2, -0.15) is 0 Å². The number of hydrogen-bond donors (Lipinski definition) is 2. The molecule has 2 heterocycles. The Labute approximate surface area is 207 Å². The van der Waals surface area contributed by atoms with E-state index in [4.69, 9.17) is 0 Å². The van der Waals surface area contributed by atoms with Crippen LogP contribution in [0.25, 0.3) is 0 Å². The van der Waals surface area contributed by atoms with Crippen LogP contribution in [0.15, 0.2) is 18.2 Å². The maximum Gasteiger partial charge on any atom is 0.255 e. The fraction of sp³-hybridized carbons (Fsp3) is 0.621. The summed E-state index contributed by atoms with van der Waals surface area (Å²) in [5.74, 6) is 8.75. The Morgan fingerprint density at radius 1 is 1.03 bits per heavy atom. The third-order valence-electron chi connectivity index (χ3n) is 9.07. The number of hydrogen-bond acceptors (Lipinski definition) is 4. The summed E-state index contributed by atoms with van der Waals surface area (Å²) in [5, 5.41) is 6.33. The summed E-state index contributed by atoms with van der Waals surface area (Å²) in [4.78, 5) is 38.3. The number of carbonyl (C=O) groups is 3. The van der Waals surface area contributed by atoms with Crippen LogP contribution < -0.4 is 10.6 Å². The van der Waals surface area contributed by atoms with Gasteiger partial charge in [0.1, 0.15) is 6.04 Å². The van der Waals surface area contributed by atoms with Crippen molar-refractivity contribution < 1.29 is 14.4 Å². The zero-order valence-electron chi connectivity index (χ0n) is 20.4. The summed E-state index contributed by atoms with van der Waals surface area (Å²) in [7, 11) is 0. The van der Waals surface area contributed by atoms with Gasteiger partial charge in [-0.1, -0.05) is 17.9 Å². The molecule has 1 aromatic carbocycles. The first-order valence-electron chi connectivity index (χ1n) is 13.5. The van der Waals surface area contributed by atoms with Crippen molar-refractivity contribution in [2.24, 2.45) is 17.8 Å². The number of nitrogens with one attached hydrogen (secondary N) is 2. The van der Waals surface area contributed by atoms with E-state index in [1.54, 1.807) is 4.90 Å². The largest absolute Gasteiger partial charge is 0.322 e. The number of amides is 3. The fourth-order valence-electron chi connectivity index (χ4n) is 7.88. The second-order valence-corrected chi connectivity index (χ2v) is 11.6. The van der Waals surface area contributed by atoms with E-state index in [0.717, 1.165) is 54.7 Å². The van der Waals surface area contributed by atoms with E-state index >= 15 is 0 Å². The van der Waals surface area contributed by atoms with Gasteiger partial charge in [0.25, 0.3) is 5.91 Å². The molecular weight excluding hydrogens is 438 g/mol. The highest BCUT2D eigenvalue weighted by molar-refractivity contribution is 6.05. The van der Waals surface area contributed by atoms with Gasteiger partial charge in [0.05, 0.1) is 0 Å². The third kappa shape index (κ3) is 4.40. The van der Waals surface area contributed by atoms with Crippen LogP contribution in [0.1, 0.15) is 92.1 Å². The van der Waals surface area contributed by atoms with Gasteiger partial charge in [0.2, 0.25) is 11.8 Å². The van der Waals surface area contributed by atoms with E-state index in [2.05, 4.69) is 22.5 Å². The first-order chi connectivity index (χ1) is 17.0. The van der Waals surface area contributed by atoms with Crippen LogP contribution in [0.4, 0.5) is 0 Å². The highest BCUT2D eigenvalue weighted by Crippen LogP contribution is 2.55. The summed E-state index contributed by atoms with van der Waals surface area (Å²) < 4.78 is 0. The molecule has 2 aliphatic heterocycles. The van der Waals surface area contributed by atoms with E-state index in [1.165, 1.54) is 38.5 Å². The van der Waals surface area contributed by atoms with Crippen molar-refractivity contribution in [2.75, 3.05) is 6.54 Å². The standard InChI is InChI=1S/C29H35N3O3/c33-26-10-9-25(27(34)31-26)32-18-24-22(7-5-8-23(24)28(32)35)6-3-1-2-4-11-30-29-15-19-12-20(16-29)14-21(13-19)17-29/h5,7-8,19-21,25,30H,1-2,4,9-18H2,(H,31,33,34). The maximum absolute atomic E-state index is 13.0. The molecule has 4 saturated carbocycles. The predicted octanol–water partition coefficient (Wildman–Crippen LogP) is 3.53. The number of nitrogens with zero attached hydrogens (tertiary/aromatic N) is 1. The SMILES string of the molecule is O=C1CCC(N2Cc3c(C#CCCCCNC45CC6CC(CC(C6)C4)C5)cccc3C2=O)C(=O)N1. The number of carbonyl (C=O) groups excluding carboxylic acids is 3. The number of fused-ring (bicyclic) bond motifs is 1. The molecule has 0 aromatic heterocycles. The summed E-state index contributed by atoms with van der Waals surface area (Å²) >= 11 is 0. The van der Waals surface area contributed by atoms with Crippen LogP contribution in [0.5, 0.6) is 0 Å². The number of rotatable bonds is 6. The van der Waals surface area contributed by atoms with Gasteiger partial charge in [-0.3, -0.25) is 19.7 Å². The lowest BCUT2D eigenvalue weighted by Gasteiger charge is -2.57. The number of piperidine rings is 1. The highest BCUT2D eigenvalue weighted by Gasteiger charge is 2.50. The third-order valence-corrected chi connectivity index (χ3v) is 9.07. The van der Waals surface area contributed by atoms with Gasteiger partial charge in [-0.05, 0) is 99.8 Å². The molecule has 0 radical (unpaired) electrons. The summed E-state index contributed by atoms with van der Waals surface area (Å²) in [6.07, 6.45) is 12.3. The molecule has 0 spiro atoms. The zero-order chi connectivity index (χ0) is 24.0. The Hall–Kier alpha value is -2.65. The molecule has 4 aliphatic carbocycles. The van der Waals surface area contributed by atoms with Crippen molar-refractivity contribution >= 4 is 17.7 Å². The lowest BCUT2D eigenvalue weighted by atomic mass is 9.53. The monoisotopic (exact) mass is 473 g/mol. The van der Waals surface area contributed by atoms with E-state index in [1.807, 2.05) is 18.2 Å². The molecule has 3 amide bonds. The Morgan fingerprint density at radius 2 is 1.77 bits per heavy atom. The van der Waals surface area contributed by atoms with Crippen molar-refractivity contribution in [3.63, 3.8) is 0 Å². The van der Waals surface area contributed by atoms with E-state index in [-0.39, 0.29) is 24.1 Å². The molecule has 6 aliphatic rings. The van der Waals surface area contributed by atoms with Gasteiger partial charge in [-0.15, -0.1) is 0 Å². The maximum atomic E-state index is 13.0. The van der Waals surface area contributed by atoms with Crippen LogP contribution in [-0.4, -0.2) is 40.7 Å². The molecule has 2 N–H and O–H groups in total. The average Bonchev–Trinajstić information content (AvgIpc) is 3.14. The zero-order valence-corrected chi connectivity index (χ0v) is 20.4. The van der Waals surface area contributed by atoms with Gasteiger partial charge >= 0.3 is 0 Å². The van der Waals surface area contributed by atoms with Gasteiger partial charge in [0.15, 0.2) is 0 Å². The topological polar surface area (TPSA) is 78.5 Å². The highest BCUT2D eigenvalue weighted by atomic mass is 16.2. The molecule has 1 saturated heterocycles. The van der Waals surface area contributed by atoms with Crippen LogP contribution in [0.2, 0.25) is 0 Å². The van der Waals surface area contributed by atoms with Crippen LogP contribution in [0, 0.1) is 29.6 Å². The molecule has 1 unspecified atom stereocenters. The molecule has 5 fully saturated rings. The molecule has 6 heteroatoms. The number of unbranched alkanes of at least 4 members (excludes halogenated alkanes) is 2. The number of imide groups is 1. The Kier molecular flexibility index (Phi) is 5.92. The molecule has 6 nitrogen and oxygen atoms in total. The quantitative estimate of drug-likeness (QED) is 0.376. The van der Waals surface area contributed by atoms with Crippen molar-refractivity contribution in [1.82, 2.24) is 15.5 Å². The molecule has 7 rings (SSSR count). The molecule has 35 heavy (non-hydrogen) atoms. The van der Waals surface area contributed by atoms with E-state index < -0.39 is 6.04 Å². The Balaban J connectivity index is 1.01. The molecule has 1 atom stereocenters. The first-order valence-corrected chi connectivity index (χ1v) is 13.5. The normalized spacial score (nSPS) is 32.9. The second kappa shape index (κ2) is 9.09. The lowest BCUT2D eigenvalue weighted by molar-refractivity contribution is -0.136. The molecule has 1 aromatic rings. The summed E-state index contributed by atoms with van der Waals surface area (Å²) in [6.45, 7) is 1.46. The van der Waals surface area contributed by atoms with Crippen molar-refractivity contribution in [3.05, 3.63) is 34.9 Å². The van der Waals surface area contributed by atoms with Gasteiger partial charge in [-0.25, -0.2) is 0 Å². The minimum atomic E-state index is -0.588. The predicted molar refractivity (Wildman–Crippen MR) is 132 cm³/mol. The summed E-state index contributed by atoms with van der Waals surface area (Å²) in [6, 6.07) is 5.05. The number of benzene rings is 1. The molecule has 184 valence electrons.